The van der Waals surface area contributed by atoms with E-state index >= 15 is 0 Å². The van der Waals surface area contributed by atoms with Crippen LogP contribution in [-0.2, 0) is 28.0 Å². The Morgan fingerprint density at radius 2 is 1.20 bits per heavy atom. The van der Waals surface area contributed by atoms with Gasteiger partial charge in [0.25, 0.3) is 5.69 Å². The molecule has 396 valence electrons. The zero-order valence-corrected chi connectivity index (χ0v) is 48.4. The summed E-state index contributed by atoms with van der Waals surface area (Å²) in [6, 6.07) is 56.6. The van der Waals surface area contributed by atoms with Crippen molar-refractivity contribution in [2.24, 2.45) is 5.92 Å². The molecule has 0 amide bonds. The molecular formula is C74H76N4O+2. The Labute approximate surface area is 477 Å². The minimum absolute atomic E-state index is 0.0601. The number of aromatic nitrogens is 2. The molecule has 1 aliphatic heterocycles. The van der Waals surface area contributed by atoms with Crippen molar-refractivity contribution >= 4 is 50.6 Å². The van der Waals surface area contributed by atoms with Crippen molar-refractivity contribution in [3.05, 3.63) is 216 Å². The first kappa shape index (κ1) is 45.9. The second-order valence-corrected chi connectivity index (χ2v) is 25.6. The Morgan fingerprint density at radius 3 is 1.90 bits per heavy atom. The monoisotopic (exact) mass is 1040 g/mol. The van der Waals surface area contributed by atoms with E-state index < -0.39 is 12.3 Å². The second kappa shape index (κ2) is 20.0. The van der Waals surface area contributed by atoms with Crippen LogP contribution in [0.3, 0.4) is 0 Å². The van der Waals surface area contributed by atoms with Gasteiger partial charge in [-0.2, -0.15) is 0 Å². The average molecular weight is 1040 g/mol. The predicted octanol–water partition coefficient (Wildman–Crippen LogP) is 20.2. The summed E-state index contributed by atoms with van der Waals surface area (Å²) in [6.45, 7) is 30.2. The van der Waals surface area contributed by atoms with Crippen LogP contribution >= 0.6 is 0 Å². The topological polar surface area (TPSA) is 33.1 Å². The predicted molar refractivity (Wildman–Crippen MR) is 336 cm³/mol. The molecule has 0 radical (unpaired) electrons. The molecule has 3 heterocycles. The Morgan fingerprint density at radius 1 is 0.519 bits per heavy atom. The maximum atomic E-state index is 9.85. The van der Waals surface area contributed by atoms with Crippen LogP contribution in [0.15, 0.2) is 188 Å². The Balaban J connectivity index is 1.18. The van der Waals surface area contributed by atoms with Crippen LogP contribution in [0.25, 0.3) is 61.0 Å². The Kier molecular flexibility index (Phi) is 11.6. The summed E-state index contributed by atoms with van der Waals surface area (Å²) in [5, 5.41) is 2.16. The third kappa shape index (κ3) is 10.4. The SMILES string of the molecule is [2H]c1cc([2H])c(-c2cccc(-c3cc(C(C)(C)C)cc(C(C)(C)C)c3)c2[N+]2=C=[N+](c3cc(Oc4ccc5c6cc(-c7ccccc7)ccc6n(-c6cc(C(C)(C)C)ccn6)c5c4)cc(C(C)(C)C)c3)c3cccc(C([2H])([2H])C(C)C)c32)c([2H])c1[2H]. The van der Waals surface area contributed by atoms with E-state index in [0.717, 1.165) is 72.3 Å². The fraction of sp³-hybridized carbons (Fsp3) is 0.270. The molecule has 10 aromatic rings. The van der Waals surface area contributed by atoms with Crippen molar-refractivity contribution in [3.63, 3.8) is 0 Å². The fourth-order valence-electron chi connectivity index (χ4n) is 10.7. The summed E-state index contributed by atoms with van der Waals surface area (Å²) in [7, 11) is 0. The molecule has 1 aliphatic rings. The van der Waals surface area contributed by atoms with Gasteiger partial charge in [0, 0.05) is 43.5 Å². The minimum atomic E-state index is -1.85. The van der Waals surface area contributed by atoms with Gasteiger partial charge in [-0.15, -0.1) is 0 Å². The molecule has 0 aliphatic carbocycles. The van der Waals surface area contributed by atoms with Crippen molar-refractivity contribution in [2.75, 3.05) is 0 Å². The third-order valence-electron chi connectivity index (χ3n) is 15.1. The van der Waals surface area contributed by atoms with Gasteiger partial charge in [0.05, 0.1) is 33.7 Å². The van der Waals surface area contributed by atoms with Crippen molar-refractivity contribution in [1.29, 1.82) is 0 Å². The number of rotatable bonds is 10. The first-order valence-electron chi connectivity index (χ1n) is 30.7. The molecule has 0 spiro atoms. The molecule has 0 unspecified atom stereocenters. The summed E-state index contributed by atoms with van der Waals surface area (Å²) in [4.78, 5) is 5.00. The van der Waals surface area contributed by atoms with Crippen LogP contribution in [0.5, 0.6) is 11.5 Å². The average Bonchev–Trinajstić information content (AvgIpc) is 2.04. The molecule has 0 saturated carbocycles. The molecular weight excluding hydrogens is 961 g/mol. The summed E-state index contributed by atoms with van der Waals surface area (Å²) in [6.07, 6.45) is 0.0477. The Hall–Kier alpha value is -8.11. The highest BCUT2D eigenvalue weighted by atomic mass is 16.5. The smallest absolute Gasteiger partial charge is 0.457 e. The van der Waals surface area contributed by atoms with Crippen LogP contribution in [0.1, 0.15) is 133 Å². The van der Waals surface area contributed by atoms with E-state index in [4.69, 9.17) is 12.5 Å². The van der Waals surface area contributed by atoms with Crippen molar-refractivity contribution in [3.8, 4) is 50.7 Å². The van der Waals surface area contributed by atoms with E-state index in [0.29, 0.717) is 39.7 Å². The highest BCUT2D eigenvalue weighted by Gasteiger charge is 2.42. The van der Waals surface area contributed by atoms with Crippen molar-refractivity contribution in [2.45, 2.75) is 125 Å². The lowest BCUT2D eigenvalue weighted by atomic mass is 9.78. The highest BCUT2D eigenvalue weighted by Crippen LogP contribution is 2.48. The molecule has 0 bridgehead atoms. The van der Waals surface area contributed by atoms with Gasteiger partial charge in [0.2, 0.25) is 11.4 Å². The van der Waals surface area contributed by atoms with Crippen LogP contribution in [-0.4, -0.2) is 15.6 Å². The lowest BCUT2D eigenvalue weighted by Gasteiger charge is -2.26. The molecule has 5 nitrogen and oxygen atoms in total. The molecule has 2 aromatic heterocycles. The maximum absolute atomic E-state index is 9.85. The standard InChI is InChI=1S/C74H76N4O/c1-48(2)37-52-27-21-30-66-69(52)77(70-61(50-25-19-16-20-26-50)28-22-29-62(70)53-38-55(72(6,7)8)41-56(39-53)73(9,10)11)47-76(66)58-42-57(74(12,13)14)43-60(45-58)79-59-32-33-63-64-40-51(49-23-17-15-18-24-49)31-34-65(64)78(67(63)46-59)68-44-54(35-36-75-68)71(3,4)5/h15-36,38-46,48H,37H2,1-14H3/q+2/i16D,19D,25D,26D,37D2. The van der Waals surface area contributed by atoms with Gasteiger partial charge in [-0.3, -0.25) is 4.57 Å². The first-order valence-corrected chi connectivity index (χ1v) is 27.7. The van der Waals surface area contributed by atoms with E-state index in [-0.39, 0.29) is 51.4 Å². The number of fused-ring (bicyclic) bond motifs is 4. The van der Waals surface area contributed by atoms with E-state index in [1.54, 1.807) is 0 Å². The van der Waals surface area contributed by atoms with Crippen LogP contribution in [0.2, 0.25) is 0 Å². The van der Waals surface area contributed by atoms with Gasteiger partial charge < -0.3 is 4.74 Å². The molecule has 0 saturated heterocycles. The zero-order chi connectivity index (χ0) is 61.0. The van der Waals surface area contributed by atoms with Gasteiger partial charge in [-0.1, -0.05) is 200 Å². The van der Waals surface area contributed by atoms with Crippen molar-refractivity contribution in [1.82, 2.24) is 18.7 Å². The Bertz CT molecular complexity index is 4370. The summed E-state index contributed by atoms with van der Waals surface area (Å²) in [5.74, 6) is 1.58. The minimum Gasteiger partial charge on any atom is -0.457 e. The molecule has 79 heavy (non-hydrogen) atoms. The fourth-order valence-corrected chi connectivity index (χ4v) is 10.7. The molecule has 0 atom stereocenters. The molecule has 5 heteroatoms. The highest BCUT2D eigenvalue weighted by molar-refractivity contribution is 6.11. The summed E-state index contributed by atoms with van der Waals surface area (Å²) < 4.78 is 69.4. The van der Waals surface area contributed by atoms with Gasteiger partial charge >= 0.3 is 11.7 Å². The number of benzene rings is 8. The second-order valence-electron chi connectivity index (χ2n) is 25.6. The van der Waals surface area contributed by atoms with Crippen LogP contribution in [0.4, 0.5) is 22.7 Å². The summed E-state index contributed by atoms with van der Waals surface area (Å²) in [5.41, 5.74) is 13.0. The van der Waals surface area contributed by atoms with E-state index in [1.165, 1.54) is 11.6 Å². The number of hydrogen-bond donors (Lipinski definition) is 0. The maximum Gasteiger partial charge on any atom is 0.503 e. The van der Waals surface area contributed by atoms with Gasteiger partial charge in [-0.05, 0) is 142 Å². The van der Waals surface area contributed by atoms with Crippen molar-refractivity contribution < 1.29 is 13.0 Å². The first-order chi connectivity index (χ1) is 39.9. The molecule has 0 N–H and O–H groups in total. The lowest BCUT2D eigenvalue weighted by molar-refractivity contribution is 0.479. The normalized spacial score (nSPS) is 14.3. The van der Waals surface area contributed by atoms with Gasteiger partial charge in [0.1, 0.15) is 17.3 Å². The molecule has 11 rings (SSSR count). The number of pyridine rings is 1. The van der Waals surface area contributed by atoms with Crippen LogP contribution < -0.4 is 13.9 Å². The third-order valence-corrected chi connectivity index (χ3v) is 15.1. The number of para-hydroxylation sites is 2. The molecule has 0 fully saturated rings. The zero-order valence-electron chi connectivity index (χ0n) is 54.4. The molecule has 8 aromatic carbocycles. The van der Waals surface area contributed by atoms with Gasteiger partial charge in [-0.25, -0.2) is 4.98 Å². The number of ether oxygens (including phenoxy) is 1. The largest absolute Gasteiger partial charge is 0.503 e. The lowest BCUT2D eigenvalue weighted by Crippen LogP contribution is -2.16. The van der Waals surface area contributed by atoms with Gasteiger partial charge in [0.15, 0.2) is 0 Å². The van der Waals surface area contributed by atoms with Crippen LogP contribution in [0, 0.1) is 5.92 Å². The van der Waals surface area contributed by atoms with E-state index in [2.05, 4.69) is 191 Å². The van der Waals surface area contributed by atoms with E-state index in [9.17, 15) is 5.48 Å². The quantitative estimate of drug-likeness (QED) is 0.128. The summed E-state index contributed by atoms with van der Waals surface area (Å²) >= 11 is 0. The number of hydrogen-bond acceptors (Lipinski definition) is 2. The van der Waals surface area contributed by atoms with E-state index in [1.807, 2.05) is 83.8 Å². The number of nitrogens with zero attached hydrogens (tertiary/aromatic N) is 4.